The number of hydrogen-bond acceptors (Lipinski definition) is 4. The fraction of sp³-hybridized carbons (Fsp3) is 0.500. The van der Waals surface area contributed by atoms with E-state index in [2.05, 4.69) is 21.2 Å². The minimum absolute atomic E-state index is 0.507. The van der Waals surface area contributed by atoms with E-state index in [0.29, 0.717) is 25.5 Å². The first-order valence-corrected chi connectivity index (χ1v) is 6.35. The monoisotopic (exact) mass is 301 g/mol. The number of benzene rings is 1. The summed E-state index contributed by atoms with van der Waals surface area (Å²) in [6, 6.07) is 1.86. The van der Waals surface area contributed by atoms with Gasteiger partial charge in [0.25, 0.3) is 0 Å². The van der Waals surface area contributed by atoms with Crippen LogP contribution in [0.2, 0.25) is 0 Å². The van der Waals surface area contributed by atoms with E-state index >= 15 is 0 Å². The van der Waals surface area contributed by atoms with Gasteiger partial charge in [-0.3, -0.25) is 0 Å². The molecule has 0 saturated carbocycles. The number of likely N-dealkylation sites (N-methyl/N-ethyl adjacent to an activating group) is 1. The van der Waals surface area contributed by atoms with Gasteiger partial charge in [-0.2, -0.15) is 0 Å². The molecule has 1 aliphatic rings. The van der Waals surface area contributed by atoms with Crippen LogP contribution >= 0.6 is 15.9 Å². The molecule has 17 heavy (non-hydrogen) atoms. The highest BCUT2D eigenvalue weighted by molar-refractivity contribution is 9.10. The highest BCUT2D eigenvalue weighted by atomic mass is 79.9. The van der Waals surface area contributed by atoms with Crippen molar-refractivity contribution < 1.29 is 14.6 Å². The SMILES string of the molecule is CNCC(O)c1cc2c(c(Br)c1C)OCCO2. The van der Waals surface area contributed by atoms with Gasteiger partial charge in [0, 0.05) is 6.54 Å². The van der Waals surface area contributed by atoms with Gasteiger partial charge in [0.2, 0.25) is 0 Å². The molecule has 1 atom stereocenters. The molecule has 0 aromatic heterocycles. The van der Waals surface area contributed by atoms with Crippen LogP contribution in [0.15, 0.2) is 10.5 Å². The van der Waals surface area contributed by atoms with Gasteiger partial charge in [0.05, 0.1) is 10.6 Å². The van der Waals surface area contributed by atoms with Crippen LogP contribution in [0.1, 0.15) is 17.2 Å². The van der Waals surface area contributed by atoms with E-state index in [9.17, 15) is 5.11 Å². The number of nitrogens with one attached hydrogen (secondary N) is 1. The van der Waals surface area contributed by atoms with Gasteiger partial charge < -0.3 is 19.9 Å². The summed E-state index contributed by atoms with van der Waals surface area (Å²) in [6.07, 6.45) is -0.549. The molecule has 1 aliphatic heterocycles. The number of aliphatic hydroxyl groups excluding tert-OH is 1. The Morgan fingerprint density at radius 2 is 2.18 bits per heavy atom. The molecule has 2 N–H and O–H groups in total. The normalized spacial score (nSPS) is 15.8. The molecule has 1 unspecified atom stereocenters. The first kappa shape index (κ1) is 12.7. The summed E-state index contributed by atoms with van der Waals surface area (Å²) < 4.78 is 12.0. The molecule has 0 aliphatic carbocycles. The highest BCUT2D eigenvalue weighted by Crippen LogP contribution is 2.42. The van der Waals surface area contributed by atoms with Crippen LogP contribution in [0.4, 0.5) is 0 Å². The van der Waals surface area contributed by atoms with Gasteiger partial charge in [-0.05, 0) is 47.1 Å². The van der Waals surface area contributed by atoms with Crippen molar-refractivity contribution >= 4 is 15.9 Å². The Bertz CT molecular complexity index is 423. The Labute approximate surface area is 109 Å². The standard InChI is InChI=1S/C12H16BrNO3/c1-7-8(9(15)6-14-2)5-10-12(11(7)13)17-4-3-16-10/h5,9,14-15H,3-4,6H2,1-2H3. The molecule has 0 fully saturated rings. The molecule has 0 amide bonds. The summed E-state index contributed by atoms with van der Waals surface area (Å²) in [6.45, 7) is 3.57. The zero-order valence-corrected chi connectivity index (χ0v) is 11.5. The van der Waals surface area contributed by atoms with Crippen molar-refractivity contribution in [1.82, 2.24) is 5.32 Å². The second-order valence-corrected chi connectivity index (χ2v) is 4.80. The maximum atomic E-state index is 10.0. The van der Waals surface area contributed by atoms with Crippen molar-refractivity contribution in [1.29, 1.82) is 0 Å². The van der Waals surface area contributed by atoms with Crippen LogP contribution in [0.5, 0.6) is 11.5 Å². The molecule has 2 rings (SSSR count). The summed E-state index contributed by atoms with van der Waals surface area (Å²) in [4.78, 5) is 0. The van der Waals surface area contributed by atoms with Gasteiger partial charge >= 0.3 is 0 Å². The Balaban J connectivity index is 2.43. The lowest BCUT2D eigenvalue weighted by Crippen LogP contribution is -2.20. The summed E-state index contributed by atoms with van der Waals surface area (Å²) >= 11 is 3.50. The summed E-state index contributed by atoms with van der Waals surface area (Å²) in [5, 5.41) is 13.0. The fourth-order valence-corrected chi connectivity index (χ4v) is 2.45. The van der Waals surface area contributed by atoms with E-state index in [0.717, 1.165) is 21.3 Å². The third-order valence-electron chi connectivity index (χ3n) is 2.82. The zero-order valence-electron chi connectivity index (χ0n) is 9.92. The van der Waals surface area contributed by atoms with Gasteiger partial charge in [-0.1, -0.05) is 0 Å². The molecule has 1 aromatic rings. The molecule has 0 radical (unpaired) electrons. The van der Waals surface area contributed by atoms with Gasteiger partial charge in [0.15, 0.2) is 11.5 Å². The number of ether oxygens (including phenoxy) is 2. The van der Waals surface area contributed by atoms with Gasteiger partial charge in [0.1, 0.15) is 13.2 Å². The van der Waals surface area contributed by atoms with Gasteiger partial charge in [-0.15, -0.1) is 0 Å². The Morgan fingerprint density at radius 3 is 2.88 bits per heavy atom. The number of hydrogen-bond donors (Lipinski definition) is 2. The van der Waals surface area contributed by atoms with Gasteiger partial charge in [-0.25, -0.2) is 0 Å². The minimum Gasteiger partial charge on any atom is -0.486 e. The fourth-order valence-electron chi connectivity index (χ4n) is 1.91. The Morgan fingerprint density at radius 1 is 1.47 bits per heavy atom. The van der Waals surface area contributed by atoms with E-state index in [1.807, 2.05) is 20.0 Å². The van der Waals surface area contributed by atoms with Crippen molar-refractivity contribution in [2.75, 3.05) is 26.8 Å². The molecular formula is C12H16BrNO3. The number of rotatable bonds is 3. The van der Waals surface area contributed by atoms with Crippen LogP contribution in [-0.4, -0.2) is 31.9 Å². The first-order valence-electron chi connectivity index (χ1n) is 5.56. The maximum Gasteiger partial charge on any atom is 0.175 e. The summed E-state index contributed by atoms with van der Waals surface area (Å²) in [5.41, 5.74) is 1.84. The Kier molecular flexibility index (Phi) is 3.91. The average Bonchev–Trinajstić information content (AvgIpc) is 2.34. The summed E-state index contributed by atoms with van der Waals surface area (Å²) in [5.74, 6) is 1.42. The smallest absolute Gasteiger partial charge is 0.175 e. The molecule has 94 valence electrons. The molecule has 1 heterocycles. The van der Waals surface area contributed by atoms with Crippen LogP contribution in [0, 0.1) is 6.92 Å². The molecule has 5 heteroatoms. The molecule has 4 nitrogen and oxygen atoms in total. The van der Waals surface area contributed by atoms with E-state index in [4.69, 9.17) is 9.47 Å². The quantitative estimate of drug-likeness (QED) is 0.894. The van der Waals surface area contributed by atoms with Crippen LogP contribution in [-0.2, 0) is 0 Å². The molecule has 0 saturated heterocycles. The van der Waals surface area contributed by atoms with Crippen molar-refractivity contribution in [3.05, 3.63) is 21.7 Å². The lowest BCUT2D eigenvalue weighted by molar-refractivity contribution is 0.162. The third kappa shape index (κ3) is 2.41. The molecular weight excluding hydrogens is 286 g/mol. The second kappa shape index (κ2) is 5.25. The predicted octanol–water partition coefficient (Wildman–Crippen LogP) is 1.78. The zero-order chi connectivity index (χ0) is 12.4. The average molecular weight is 302 g/mol. The predicted molar refractivity (Wildman–Crippen MR) is 68.8 cm³/mol. The maximum absolute atomic E-state index is 10.0. The van der Waals surface area contributed by atoms with Crippen LogP contribution in [0.25, 0.3) is 0 Å². The number of halogens is 1. The minimum atomic E-state index is -0.549. The van der Waals surface area contributed by atoms with E-state index in [1.165, 1.54) is 0 Å². The van der Waals surface area contributed by atoms with Crippen molar-refractivity contribution in [2.24, 2.45) is 0 Å². The molecule has 0 bridgehead atoms. The Hall–Kier alpha value is -0.780. The van der Waals surface area contributed by atoms with E-state index in [1.54, 1.807) is 0 Å². The lowest BCUT2D eigenvalue weighted by atomic mass is 10.0. The van der Waals surface area contributed by atoms with Crippen molar-refractivity contribution in [3.8, 4) is 11.5 Å². The number of aliphatic hydroxyl groups is 1. The van der Waals surface area contributed by atoms with Crippen molar-refractivity contribution in [3.63, 3.8) is 0 Å². The topological polar surface area (TPSA) is 50.7 Å². The van der Waals surface area contributed by atoms with Crippen LogP contribution < -0.4 is 14.8 Å². The highest BCUT2D eigenvalue weighted by Gasteiger charge is 2.22. The van der Waals surface area contributed by atoms with Crippen molar-refractivity contribution in [2.45, 2.75) is 13.0 Å². The summed E-state index contributed by atoms with van der Waals surface area (Å²) in [7, 11) is 1.81. The molecule has 0 spiro atoms. The first-order chi connectivity index (χ1) is 8.15. The lowest BCUT2D eigenvalue weighted by Gasteiger charge is -2.23. The molecule has 1 aromatic carbocycles. The third-order valence-corrected chi connectivity index (χ3v) is 3.77. The van der Waals surface area contributed by atoms with E-state index < -0.39 is 6.10 Å². The second-order valence-electron chi connectivity index (χ2n) is 4.00. The largest absolute Gasteiger partial charge is 0.486 e. The van der Waals surface area contributed by atoms with Crippen LogP contribution in [0.3, 0.4) is 0 Å². The number of fused-ring (bicyclic) bond motifs is 1. The van der Waals surface area contributed by atoms with E-state index in [-0.39, 0.29) is 0 Å².